The molecule has 1 N–H and O–H groups in total. The summed E-state index contributed by atoms with van der Waals surface area (Å²) >= 11 is 3.38. The lowest BCUT2D eigenvalue weighted by Gasteiger charge is -2.09. The molecule has 100 valence electrons. The summed E-state index contributed by atoms with van der Waals surface area (Å²) < 4.78 is 0.896. The third-order valence-electron chi connectivity index (χ3n) is 2.69. The maximum Gasteiger partial charge on any atom is 0.251 e. The molecule has 19 heavy (non-hydrogen) atoms. The normalized spacial score (nSPS) is 10.4. The maximum atomic E-state index is 12.1. The number of aryl methyl sites for hydroxylation is 1. The van der Waals surface area contributed by atoms with Gasteiger partial charge in [0.15, 0.2) is 6.33 Å². The highest BCUT2D eigenvalue weighted by Gasteiger charge is 2.10. The van der Waals surface area contributed by atoms with Crippen LogP contribution in [-0.2, 0) is 13.0 Å². The molecular weight excluding hydrogens is 310 g/mol. The van der Waals surface area contributed by atoms with E-state index in [1.54, 1.807) is 0 Å². The highest BCUT2D eigenvalue weighted by Crippen LogP contribution is 2.17. The van der Waals surface area contributed by atoms with Crippen molar-refractivity contribution in [3.63, 3.8) is 0 Å². The van der Waals surface area contributed by atoms with Crippen LogP contribution in [-0.4, -0.2) is 32.7 Å². The number of nitrogens with one attached hydrogen (secondary N) is 1. The molecule has 0 spiro atoms. The summed E-state index contributed by atoms with van der Waals surface area (Å²) in [7, 11) is 0. The van der Waals surface area contributed by atoms with Gasteiger partial charge in [-0.1, -0.05) is 28.9 Å². The minimum atomic E-state index is -0.0849. The van der Waals surface area contributed by atoms with Gasteiger partial charge in [0, 0.05) is 16.6 Å². The van der Waals surface area contributed by atoms with Gasteiger partial charge >= 0.3 is 0 Å². The lowest BCUT2D eigenvalue weighted by atomic mass is 10.0. The summed E-state index contributed by atoms with van der Waals surface area (Å²) in [4.78, 5) is 13.5. The molecule has 0 aliphatic carbocycles. The Hall–Kier alpha value is -1.76. The number of nitrogens with zero attached hydrogens (tertiary/aromatic N) is 4. The first-order valence-electron chi connectivity index (χ1n) is 5.98. The lowest BCUT2D eigenvalue weighted by molar-refractivity contribution is 0.0950. The maximum absolute atomic E-state index is 12.1. The number of tetrazole rings is 1. The predicted molar refractivity (Wildman–Crippen MR) is 73.7 cm³/mol. The Labute approximate surface area is 119 Å². The van der Waals surface area contributed by atoms with Crippen LogP contribution in [0.1, 0.15) is 22.8 Å². The van der Waals surface area contributed by atoms with Gasteiger partial charge in [-0.15, -0.1) is 10.2 Å². The van der Waals surface area contributed by atoms with Crippen LogP contribution in [0.15, 0.2) is 29.0 Å². The van der Waals surface area contributed by atoms with Gasteiger partial charge in [0.05, 0.1) is 6.54 Å². The molecule has 1 aromatic heterocycles. The lowest BCUT2D eigenvalue weighted by Crippen LogP contribution is -2.28. The van der Waals surface area contributed by atoms with E-state index < -0.39 is 0 Å². The highest BCUT2D eigenvalue weighted by atomic mass is 79.9. The van der Waals surface area contributed by atoms with E-state index in [1.165, 1.54) is 11.1 Å². The molecule has 6 nitrogen and oxygen atoms in total. The van der Waals surface area contributed by atoms with E-state index in [1.807, 2.05) is 25.1 Å². The van der Waals surface area contributed by atoms with Crippen molar-refractivity contribution >= 4 is 21.8 Å². The van der Waals surface area contributed by atoms with Crippen molar-refractivity contribution in [2.24, 2.45) is 0 Å². The van der Waals surface area contributed by atoms with Crippen LogP contribution in [0.3, 0.4) is 0 Å². The van der Waals surface area contributed by atoms with Crippen LogP contribution in [0.2, 0.25) is 0 Å². The van der Waals surface area contributed by atoms with Crippen molar-refractivity contribution in [2.75, 3.05) is 6.54 Å². The zero-order chi connectivity index (χ0) is 13.7. The fraction of sp³-hybridized carbons (Fsp3) is 0.333. The second-order valence-electron chi connectivity index (χ2n) is 3.94. The third kappa shape index (κ3) is 3.60. The first-order valence-corrected chi connectivity index (χ1v) is 6.77. The summed E-state index contributed by atoms with van der Waals surface area (Å²) in [5.74, 6) is -0.0849. The number of carbonyl (C=O) groups excluding carboxylic acids is 1. The Morgan fingerprint density at radius 1 is 1.47 bits per heavy atom. The summed E-state index contributed by atoms with van der Waals surface area (Å²) in [6.45, 7) is 2.99. The van der Waals surface area contributed by atoms with Gasteiger partial charge in [-0.2, -0.15) is 4.80 Å². The van der Waals surface area contributed by atoms with E-state index in [9.17, 15) is 4.79 Å². The van der Waals surface area contributed by atoms with Gasteiger partial charge in [-0.3, -0.25) is 4.79 Å². The molecule has 2 rings (SSSR count). The fourth-order valence-electron chi connectivity index (χ4n) is 1.72. The van der Waals surface area contributed by atoms with Gasteiger partial charge in [0.1, 0.15) is 0 Å². The van der Waals surface area contributed by atoms with Gasteiger partial charge in [-0.25, -0.2) is 0 Å². The summed E-state index contributed by atoms with van der Waals surface area (Å²) in [5, 5.41) is 14.1. The van der Waals surface area contributed by atoms with Gasteiger partial charge in [0.2, 0.25) is 0 Å². The molecule has 1 aromatic carbocycles. The molecule has 7 heteroatoms. The monoisotopic (exact) mass is 323 g/mol. The molecule has 0 atom stereocenters. The van der Waals surface area contributed by atoms with E-state index in [0.29, 0.717) is 18.7 Å². The molecule has 0 fully saturated rings. The van der Waals surface area contributed by atoms with E-state index in [2.05, 4.69) is 36.7 Å². The highest BCUT2D eigenvalue weighted by molar-refractivity contribution is 9.10. The van der Waals surface area contributed by atoms with Crippen molar-refractivity contribution in [3.05, 3.63) is 40.1 Å². The Bertz CT molecular complexity index is 555. The Morgan fingerprint density at radius 3 is 3.00 bits per heavy atom. The van der Waals surface area contributed by atoms with E-state index >= 15 is 0 Å². The molecule has 0 bridgehead atoms. The molecule has 2 aromatic rings. The molecular formula is C12H14BrN5O. The van der Waals surface area contributed by atoms with Crippen molar-refractivity contribution in [1.82, 2.24) is 25.5 Å². The standard InChI is InChI=1S/C12H14BrN5O/c1-2-9-3-4-10(13)7-11(9)12(19)14-5-6-18-16-8-15-17-18/h3-4,7-8H,2,5-6H2,1H3,(H,14,19). The van der Waals surface area contributed by atoms with Crippen LogP contribution < -0.4 is 5.32 Å². The van der Waals surface area contributed by atoms with Crippen LogP contribution >= 0.6 is 15.9 Å². The number of hydrogen-bond acceptors (Lipinski definition) is 4. The minimum Gasteiger partial charge on any atom is -0.350 e. The minimum absolute atomic E-state index is 0.0849. The Morgan fingerprint density at radius 2 is 2.32 bits per heavy atom. The largest absolute Gasteiger partial charge is 0.350 e. The average molecular weight is 324 g/mol. The molecule has 0 aliphatic rings. The summed E-state index contributed by atoms with van der Waals surface area (Å²) in [6, 6.07) is 5.73. The van der Waals surface area contributed by atoms with Crippen molar-refractivity contribution in [3.8, 4) is 0 Å². The molecule has 0 radical (unpaired) electrons. The van der Waals surface area contributed by atoms with Crippen LogP contribution in [0.4, 0.5) is 0 Å². The zero-order valence-electron chi connectivity index (χ0n) is 10.5. The molecule has 1 heterocycles. The van der Waals surface area contributed by atoms with Gasteiger partial charge in [0.25, 0.3) is 5.91 Å². The van der Waals surface area contributed by atoms with Gasteiger partial charge in [-0.05, 0) is 29.3 Å². The topological polar surface area (TPSA) is 72.7 Å². The second-order valence-corrected chi connectivity index (χ2v) is 4.86. The number of amides is 1. The Kier molecular flexibility index (Phi) is 4.62. The Balaban J connectivity index is 1.97. The molecule has 0 unspecified atom stereocenters. The van der Waals surface area contributed by atoms with Crippen molar-refractivity contribution < 1.29 is 4.79 Å². The quantitative estimate of drug-likeness (QED) is 0.903. The first kappa shape index (κ1) is 13.7. The number of hydrogen-bond donors (Lipinski definition) is 1. The number of aromatic nitrogens is 4. The number of rotatable bonds is 5. The molecule has 1 amide bonds. The molecule has 0 saturated heterocycles. The smallest absolute Gasteiger partial charge is 0.251 e. The number of halogens is 1. The fourth-order valence-corrected chi connectivity index (χ4v) is 2.09. The zero-order valence-corrected chi connectivity index (χ0v) is 12.1. The molecule has 0 aliphatic heterocycles. The predicted octanol–water partition coefficient (Wildman–Crippen LogP) is 1.43. The van der Waals surface area contributed by atoms with Crippen LogP contribution in [0, 0.1) is 0 Å². The van der Waals surface area contributed by atoms with Crippen LogP contribution in [0.25, 0.3) is 0 Å². The number of carbonyl (C=O) groups is 1. The molecule has 0 saturated carbocycles. The SMILES string of the molecule is CCc1ccc(Br)cc1C(=O)NCCn1ncnn1. The van der Waals surface area contributed by atoms with E-state index in [-0.39, 0.29) is 5.91 Å². The van der Waals surface area contributed by atoms with E-state index in [4.69, 9.17) is 0 Å². The summed E-state index contributed by atoms with van der Waals surface area (Å²) in [6.07, 6.45) is 2.19. The summed E-state index contributed by atoms with van der Waals surface area (Å²) in [5.41, 5.74) is 1.73. The second kappa shape index (κ2) is 6.42. The third-order valence-corrected chi connectivity index (χ3v) is 3.18. The van der Waals surface area contributed by atoms with Crippen LogP contribution in [0.5, 0.6) is 0 Å². The first-order chi connectivity index (χ1) is 9.20. The van der Waals surface area contributed by atoms with Gasteiger partial charge < -0.3 is 5.32 Å². The van der Waals surface area contributed by atoms with E-state index in [0.717, 1.165) is 16.5 Å². The van der Waals surface area contributed by atoms with Crippen molar-refractivity contribution in [2.45, 2.75) is 19.9 Å². The van der Waals surface area contributed by atoms with Crippen molar-refractivity contribution in [1.29, 1.82) is 0 Å². The number of benzene rings is 1. The average Bonchev–Trinajstić information content (AvgIpc) is 2.91.